The average molecular weight is 336 g/mol. The molecular weight excluding hydrogens is 312 g/mol. The van der Waals surface area contributed by atoms with Crippen LogP contribution in [0.2, 0.25) is 0 Å². The second-order valence-corrected chi connectivity index (χ2v) is 6.68. The maximum atomic E-state index is 11.4. The third-order valence-corrected chi connectivity index (χ3v) is 4.98. The van der Waals surface area contributed by atoms with Crippen LogP contribution in [0.15, 0.2) is 60.7 Å². The van der Waals surface area contributed by atoms with E-state index < -0.39 is 6.04 Å². The molecule has 1 saturated carbocycles. The van der Waals surface area contributed by atoms with Gasteiger partial charge in [0, 0.05) is 6.07 Å². The molecule has 0 heterocycles. The summed E-state index contributed by atoms with van der Waals surface area (Å²) in [7, 11) is 0. The number of rotatable bonds is 5. The number of nitro benzene ring substituents is 1. The Balaban J connectivity index is 2.02. The summed E-state index contributed by atoms with van der Waals surface area (Å²) in [5.74, 6) is 0.498. The number of para-hydroxylation sites is 1. The molecule has 4 nitrogen and oxygen atoms in total. The van der Waals surface area contributed by atoms with Crippen molar-refractivity contribution in [1.29, 1.82) is 0 Å². The van der Waals surface area contributed by atoms with Gasteiger partial charge in [-0.1, -0.05) is 73.9 Å². The molecule has 0 spiro atoms. The zero-order valence-corrected chi connectivity index (χ0v) is 14.3. The summed E-state index contributed by atoms with van der Waals surface area (Å²) >= 11 is 0. The van der Waals surface area contributed by atoms with Crippen LogP contribution in [0.5, 0.6) is 0 Å². The molecule has 0 saturated heterocycles. The van der Waals surface area contributed by atoms with Gasteiger partial charge < -0.3 is 5.73 Å². The van der Waals surface area contributed by atoms with Gasteiger partial charge in [-0.15, -0.1) is 0 Å². The summed E-state index contributed by atoms with van der Waals surface area (Å²) < 4.78 is 0. The van der Waals surface area contributed by atoms with Crippen LogP contribution in [0.4, 0.5) is 5.69 Å². The summed E-state index contributed by atoms with van der Waals surface area (Å²) in [5.41, 5.74) is 9.23. The summed E-state index contributed by atoms with van der Waals surface area (Å²) in [5, 5.41) is 11.4. The molecule has 0 aromatic heterocycles. The zero-order chi connectivity index (χ0) is 17.6. The van der Waals surface area contributed by atoms with Crippen LogP contribution in [0.3, 0.4) is 0 Å². The minimum atomic E-state index is -0.508. The largest absolute Gasteiger partial charge is 0.320 e. The zero-order valence-electron chi connectivity index (χ0n) is 14.3. The van der Waals surface area contributed by atoms with Gasteiger partial charge in [0.1, 0.15) is 0 Å². The van der Waals surface area contributed by atoms with Crippen LogP contribution in [0, 0.1) is 16.0 Å². The van der Waals surface area contributed by atoms with Gasteiger partial charge in [-0.2, -0.15) is 0 Å². The maximum Gasteiger partial charge on any atom is 0.274 e. The summed E-state index contributed by atoms with van der Waals surface area (Å²) in [6, 6.07) is 16.3. The van der Waals surface area contributed by atoms with E-state index in [4.69, 9.17) is 5.73 Å². The lowest BCUT2D eigenvalue weighted by Crippen LogP contribution is -2.16. The molecule has 1 atom stereocenters. The fraction of sp³-hybridized carbons (Fsp3) is 0.333. The highest BCUT2D eigenvalue weighted by molar-refractivity contribution is 5.72. The van der Waals surface area contributed by atoms with Gasteiger partial charge in [-0.25, -0.2) is 0 Å². The molecule has 0 bridgehead atoms. The van der Waals surface area contributed by atoms with Gasteiger partial charge in [0.25, 0.3) is 5.69 Å². The van der Waals surface area contributed by atoms with Crippen molar-refractivity contribution in [3.05, 3.63) is 81.9 Å². The number of hydrogen-bond donors (Lipinski definition) is 1. The molecule has 2 aromatic carbocycles. The monoisotopic (exact) mass is 336 g/mol. The Labute approximate surface area is 148 Å². The summed E-state index contributed by atoms with van der Waals surface area (Å²) in [6.07, 6.45) is 8.37. The number of nitrogens with zero attached hydrogens (tertiary/aromatic N) is 1. The van der Waals surface area contributed by atoms with E-state index in [1.165, 1.54) is 38.2 Å². The molecule has 2 N–H and O–H groups in total. The van der Waals surface area contributed by atoms with Crippen molar-refractivity contribution in [3.63, 3.8) is 0 Å². The first-order valence-corrected chi connectivity index (χ1v) is 8.93. The minimum absolute atomic E-state index is 0.0838. The van der Waals surface area contributed by atoms with Crippen LogP contribution >= 0.6 is 0 Å². The molecular formula is C21H24N2O2. The second kappa shape index (κ2) is 8.08. The van der Waals surface area contributed by atoms with Crippen molar-refractivity contribution in [2.24, 2.45) is 11.7 Å². The van der Waals surface area contributed by atoms with E-state index in [0.717, 1.165) is 11.1 Å². The van der Waals surface area contributed by atoms with E-state index in [0.29, 0.717) is 11.5 Å². The van der Waals surface area contributed by atoms with Gasteiger partial charge in [-0.3, -0.25) is 10.1 Å². The lowest BCUT2D eigenvalue weighted by Gasteiger charge is -2.23. The maximum absolute atomic E-state index is 11.4. The van der Waals surface area contributed by atoms with E-state index in [1.54, 1.807) is 12.1 Å². The first-order chi connectivity index (χ1) is 12.2. The van der Waals surface area contributed by atoms with Crippen molar-refractivity contribution in [2.75, 3.05) is 0 Å². The van der Waals surface area contributed by atoms with Crippen molar-refractivity contribution in [3.8, 4) is 0 Å². The van der Waals surface area contributed by atoms with E-state index in [9.17, 15) is 10.1 Å². The summed E-state index contributed by atoms with van der Waals surface area (Å²) in [6.45, 7) is 0. The smallest absolute Gasteiger partial charge is 0.274 e. The fourth-order valence-corrected chi connectivity index (χ4v) is 3.65. The predicted molar refractivity (Wildman–Crippen MR) is 101 cm³/mol. The van der Waals surface area contributed by atoms with Gasteiger partial charge in [0.05, 0.1) is 16.5 Å². The number of nitro groups is 1. The molecule has 4 heteroatoms. The van der Waals surface area contributed by atoms with Crippen LogP contribution in [-0.4, -0.2) is 4.92 Å². The molecule has 0 aliphatic heterocycles. The van der Waals surface area contributed by atoms with Gasteiger partial charge in [0.15, 0.2) is 0 Å². The number of nitrogens with two attached hydrogens (primary N) is 1. The van der Waals surface area contributed by atoms with Crippen molar-refractivity contribution < 1.29 is 4.92 Å². The Kier molecular flexibility index (Phi) is 5.61. The quantitative estimate of drug-likeness (QED) is 0.598. The first-order valence-electron chi connectivity index (χ1n) is 8.93. The fourth-order valence-electron chi connectivity index (χ4n) is 3.65. The Bertz CT molecular complexity index is 750. The molecule has 1 aliphatic carbocycles. The van der Waals surface area contributed by atoms with Crippen LogP contribution in [0.1, 0.15) is 49.3 Å². The molecule has 1 fully saturated rings. The average Bonchev–Trinajstić information content (AvgIpc) is 2.67. The third kappa shape index (κ3) is 4.15. The SMILES string of the molecule is NC(/C(=C/C1CCCCC1)c1ccccc1)c1ccccc1[N+](=O)[O-]. The molecule has 0 radical (unpaired) electrons. The number of benzene rings is 2. The van der Waals surface area contributed by atoms with Crippen LogP contribution < -0.4 is 5.73 Å². The summed E-state index contributed by atoms with van der Waals surface area (Å²) in [4.78, 5) is 11.1. The lowest BCUT2D eigenvalue weighted by atomic mass is 9.84. The Morgan fingerprint density at radius 3 is 2.36 bits per heavy atom. The molecule has 25 heavy (non-hydrogen) atoms. The van der Waals surface area contributed by atoms with E-state index >= 15 is 0 Å². The normalized spacial score (nSPS) is 17.2. The molecule has 1 unspecified atom stereocenters. The van der Waals surface area contributed by atoms with E-state index in [-0.39, 0.29) is 10.6 Å². The van der Waals surface area contributed by atoms with E-state index in [2.05, 4.69) is 6.08 Å². The van der Waals surface area contributed by atoms with Gasteiger partial charge in [-0.05, 0) is 29.9 Å². The minimum Gasteiger partial charge on any atom is -0.320 e. The van der Waals surface area contributed by atoms with E-state index in [1.807, 2.05) is 36.4 Å². The standard InChI is InChI=1S/C21H24N2O2/c22-21(18-13-7-8-14-20(18)23(24)25)19(17-11-5-2-6-12-17)15-16-9-3-1-4-10-16/h2,5-8,11-16,21H,1,3-4,9-10,22H2/b19-15+. The molecule has 3 rings (SSSR count). The number of hydrogen-bond acceptors (Lipinski definition) is 3. The molecule has 2 aromatic rings. The Hall–Kier alpha value is -2.46. The lowest BCUT2D eigenvalue weighted by molar-refractivity contribution is -0.385. The highest BCUT2D eigenvalue weighted by Gasteiger charge is 2.24. The Morgan fingerprint density at radius 2 is 1.68 bits per heavy atom. The Morgan fingerprint density at radius 1 is 1.04 bits per heavy atom. The van der Waals surface area contributed by atoms with Gasteiger partial charge >= 0.3 is 0 Å². The van der Waals surface area contributed by atoms with Crippen LogP contribution in [-0.2, 0) is 0 Å². The topological polar surface area (TPSA) is 69.2 Å². The van der Waals surface area contributed by atoms with Crippen LogP contribution in [0.25, 0.3) is 5.57 Å². The van der Waals surface area contributed by atoms with Crippen molar-refractivity contribution >= 4 is 11.3 Å². The molecule has 1 aliphatic rings. The third-order valence-electron chi connectivity index (χ3n) is 4.98. The molecule has 130 valence electrons. The highest BCUT2D eigenvalue weighted by atomic mass is 16.6. The van der Waals surface area contributed by atoms with Gasteiger partial charge in [0.2, 0.25) is 0 Å². The van der Waals surface area contributed by atoms with Crippen molar-refractivity contribution in [2.45, 2.75) is 38.1 Å². The highest BCUT2D eigenvalue weighted by Crippen LogP contribution is 2.36. The number of allylic oxidation sites excluding steroid dienone is 1. The van der Waals surface area contributed by atoms with Crippen molar-refractivity contribution in [1.82, 2.24) is 0 Å². The second-order valence-electron chi connectivity index (χ2n) is 6.68. The predicted octanol–water partition coefficient (Wildman–Crippen LogP) is 5.26. The molecule has 0 amide bonds. The first kappa shape index (κ1) is 17.4.